The standard InChI is InChI=1S/C26H29NO2/c1-4-24(29-25-16-15-20(2)17-21(25)3)26(28)27(18-22-11-7-5-8-12-22)19-23-13-9-6-10-14-23/h5-17,24H,4,18-19H2,1-3H3/t24-/m0/s1. The summed E-state index contributed by atoms with van der Waals surface area (Å²) in [6.45, 7) is 7.18. The van der Waals surface area contributed by atoms with Crippen LogP contribution in [0.15, 0.2) is 78.9 Å². The zero-order chi connectivity index (χ0) is 20.6. The molecule has 3 aromatic carbocycles. The van der Waals surface area contributed by atoms with Gasteiger partial charge in [-0.05, 0) is 43.0 Å². The molecule has 0 spiro atoms. The van der Waals surface area contributed by atoms with Crippen LogP contribution >= 0.6 is 0 Å². The highest BCUT2D eigenvalue weighted by atomic mass is 16.5. The van der Waals surface area contributed by atoms with E-state index in [4.69, 9.17) is 4.74 Å². The van der Waals surface area contributed by atoms with Crippen LogP contribution in [0.2, 0.25) is 0 Å². The third-order valence-corrected chi connectivity index (χ3v) is 4.99. The molecular formula is C26H29NO2. The van der Waals surface area contributed by atoms with Crippen molar-refractivity contribution in [3.63, 3.8) is 0 Å². The van der Waals surface area contributed by atoms with Gasteiger partial charge >= 0.3 is 0 Å². The topological polar surface area (TPSA) is 29.5 Å². The van der Waals surface area contributed by atoms with Crippen LogP contribution in [0, 0.1) is 13.8 Å². The van der Waals surface area contributed by atoms with E-state index in [2.05, 4.69) is 37.3 Å². The molecule has 3 heteroatoms. The number of hydrogen-bond donors (Lipinski definition) is 0. The molecule has 3 rings (SSSR count). The number of amides is 1. The molecule has 0 saturated heterocycles. The summed E-state index contributed by atoms with van der Waals surface area (Å²) in [5.41, 5.74) is 4.45. The minimum absolute atomic E-state index is 0.0141. The van der Waals surface area contributed by atoms with Crippen molar-refractivity contribution in [2.24, 2.45) is 0 Å². The lowest BCUT2D eigenvalue weighted by molar-refractivity contribution is -0.140. The van der Waals surface area contributed by atoms with Crippen molar-refractivity contribution in [2.75, 3.05) is 0 Å². The highest BCUT2D eigenvalue weighted by Gasteiger charge is 2.25. The normalized spacial score (nSPS) is 11.7. The van der Waals surface area contributed by atoms with Gasteiger partial charge in [0.1, 0.15) is 5.75 Å². The van der Waals surface area contributed by atoms with Crippen molar-refractivity contribution in [2.45, 2.75) is 46.4 Å². The molecule has 1 amide bonds. The summed E-state index contributed by atoms with van der Waals surface area (Å²) in [6, 6.07) is 26.3. The molecule has 0 heterocycles. The Morgan fingerprint density at radius 1 is 0.862 bits per heavy atom. The van der Waals surface area contributed by atoms with E-state index in [-0.39, 0.29) is 5.91 Å². The molecule has 1 atom stereocenters. The van der Waals surface area contributed by atoms with Crippen molar-refractivity contribution >= 4 is 5.91 Å². The van der Waals surface area contributed by atoms with E-state index in [1.54, 1.807) is 0 Å². The monoisotopic (exact) mass is 387 g/mol. The molecule has 3 nitrogen and oxygen atoms in total. The van der Waals surface area contributed by atoms with Crippen LogP contribution in [-0.4, -0.2) is 16.9 Å². The van der Waals surface area contributed by atoms with Gasteiger partial charge in [-0.15, -0.1) is 0 Å². The van der Waals surface area contributed by atoms with E-state index in [1.165, 1.54) is 5.56 Å². The summed E-state index contributed by atoms with van der Waals surface area (Å²) in [4.78, 5) is 15.4. The van der Waals surface area contributed by atoms with Gasteiger partial charge in [0.15, 0.2) is 6.10 Å². The van der Waals surface area contributed by atoms with Gasteiger partial charge in [-0.2, -0.15) is 0 Å². The van der Waals surface area contributed by atoms with E-state index in [1.807, 2.05) is 67.3 Å². The van der Waals surface area contributed by atoms with Gasteiger partial charge in [0.25, 0.3) is 5.91 Å². The summed E-state index contributed by atoms with van der Waals surface area (Å²) >= 11 is 0. The Kier molecular flexibility index (Phi) is 7.07. The third-order valence-electron chi connectivity index (χ3n) is 4.99. The first kappa shape index (κ1) is 20.7. The van der Waals surface area contributed by atoms with E-state index >= 15 is 0 Å². The largest absolute Gasteiger partial charge is 0.480 e. The van der Waals surface area contributed by atoms with Gasteiger partial charge in [0.2, 0.25) is 0 Å². The Balaban J connectivity index is 1.82. The smallest absolute Gasteiger partial charge is 0.264 e. The SMILES string of the molecule is CC[C@H](Oc1ccc(C)cc1C)C(=O)N(Cc1ccccc1)Cc1ccccc1. The Hall–Kier alpha value is -3.07. The number of carbonyl (C=O) groups is 1. The molecule has 0 unspecified atom stereocenters. The highest BCUT2D eigenvalue weighted by molar-refractivity contribution is 5.81. The average Bonchev–Trinajstić information content (AvgIpc) is 2.74. The first-order valence-corrected chi connectivity index (χ1v) is 10.2. The predicted molar refractivity (Wildman–Crippen MR) is 118 cm³/mol. The fourth-order valence-corrected chi connectivity index (χ4v) is 3.42. The van der Waals surface area contributed by atoms with Crippen molar-refractivity contribution in [3.05, 3.63) is 101 Å². The summed E-state index contributed by atoms with van der Waals surface area (Å²) in [6.07, 6.45) is 0.107. The number of nitrogens with zero attached hydrogens (tertiary/aromatic N) is 1. The van der Waals surface area contributed by atoms with Crippen LogP contribution in [0.1, 0.15) is 35.6 Å². The molecule has 0 bridgehead atoms. The summed E-state index contributed by atoms with van der Waals surface area (Å²) in [5.74, 6) is 0.787. The molecular weight excluding hydrogens is 358 g/mol. The van der Waals surface area contributed by atoms with E-state index in [0.717, 1.165) is 22.4 Å². The third kappa shape index (κ3) is 5.71. The summed E-state index contributed by atoms with van der Waals surface area (Å²) in [7, 11) is 0. The van der Waals surface area contributed by atoms with Crippen molar-refractivity contribution in [1.82, 2.24) is 4.90 Å². The fourth-order valence-electron chi connectivity index (χ4n) is 3.42. The molecule has 0 N–H and O–H groups in total. The number of benzene rings is 3. The molecule has 0 aliphatic carbocycles. The second kappa shape index (κ2) is 9.92. The molecule has 0 aliphatic rings. The first-order valence-electron chi connectivity index (χ1n) is 10.2. The first-order chi connectivity index (χ1) is 14.1. The van der Waals surface area contributed by atoms with Crippen molar-refractivity contribution in [1.29, 1.82) is 0 Å². The van der Waals surface area contributed by atoms with Gasteiger partial charge in [-0.3, -0.25) is 4.79 Å². The molecule has 0 saturated carbocycles. The lowest BCUT2D eigenvalue weighted by Crippen LogP contribution is -2.41. The molecule has 0 fully saturated rings. The Morgan fingerprint density at radius 2 is 1.41 bits per heavy atom. The number of ether oxygens (including phenoxy) is 1. The maximum atomic E-state index is 13.5. The van der Waals surface area contributed by atoms with Crippen LogP contribution in [0.4, 0.5) is 0 Å². The van der Waals surface area contributed by atoms with Crippen molar-refractivity contribution in [3.8, 4) is 5.75 Å². The predicted octanol–water partition coefficient (Wildman–Crippen LogP) is 5.69. The van der Waals surface area contributed by atoms with Gasteiger partial charge in [-0.1, -0.05) is 85.3 Å². The fraction of sp³-hybridized carbons (Fsp3) is 0.269. The minimum atomic E-state index is -0.510. The van der Waals surface area contributed by atoms with Gasteiger partial charge < -0.3 is 9.64 Å². The lowest BCUT2D eigenvalue weighted by Gasteiger charge is -2.28. The molecule has 0 radical (unpaired) electrons. The van der Waals surface area contributed by atoms with Gasteiger partial charge in [0.05, 0.1) is 0 Å². The van der Waals surface area contributed by atoms with Crippen LogP contribution in [0.25, 0.3) is 0 Å². The number of rotatable bonds is 8. The zero-order valence-electron chi connectivity index (χ0n) is 17.5. The summed E-state index contributed by atoms with van der Waals surface area (Å²) in [5, 5.41) is 0. The van der Waals surface area contributed by atoms with Crippen LogP contribution in [0.5, 0.6) is 5.75 Å². The number of hydrogen-bond acceptors (Lipinski definition) is 2. The van der Waals surface area contributed by atoms with E-state index in [9.17, 15) is 4.79 Å². The van der Waals surface area contributed by atoms with Gasteiger partial charge in [-0.25, -0.2) is 0 Å². The molecule has 0 aromatic heterocycles. The van der Waals surface area contributed by atoms with E-state index < -0.39 is 6.10 Å². The summed E-state index contributed by atoms with van der Waals surface area (Å²) < 4.78 is 6.18. The molecule has 150 valence electrons. The second-order valence-electron chi connectivity index (χ2n) is 7.45. The zero-order valence-corrected chi connectivity index (χ0v) is 17.5. The van der Waals surface area contributed by atoms with Crippen LogP contribution < -0.4 is 4.74 Å². The maximum absolute atomic E-state index is 13.5. The average molecular weight is 388 g/mol. The van der Waals surface area contributed by atoms with Crippen molar-refractivity contribution < 1.29 is 9.53 Å². The van der Waals surface area contributed by atoms with Crippen LogP contribution in [-0.2, 0) is 17.9 Å². The molecule has 3 aromatic rings. The molecule has 0 aliphatic heterocycles. The van der Waals surface area contributed by atoms with Gasteiger partial charge in [0, 0.05) is 13.1 Å². The molecule has 29 heavy (non-hydrogen) atoms. The van der Waals surface area contributed by atoms with E-state index in [0.29, 0.717) is 19.5 Å². The number of carbonyl (C=O) groups excluding carboxylic acids is 1. The Labute approximate surface area is 174 Å². The quantitative estimate of drug-likeness (QED) is 0.497. The maximum Gasteiger partial charge on any atom is 0.264 e. The lowest BCUT2D eigenvalue weighted by atomic mass is 10.1. The minimum Gasteiger partial charge on any atom is -0.480 e. The van der Waals surface area contributed by atoms with Crippen LogP contribution in [0.3, 0.4) is 0 Å². The Morgan fingerprint density at radius 3 is 1.90 bits per heavy atom. The second-order valence-corrected chi connectivity index (χ2v) is 7.45. The highest BCUT2D eigenvalue weighted by Crippen LogP contribution is 2.22. The Bertz CT molecular complexity index is 880. The number of aryl methyl sites for hydroxylation is 2.